The number of β-amino-alcohol motifs (C(OH)–C–C–N with tert-alkyl or cyclic N) is 1. The fraction of sp³-hybridized carbons (Fsp3) is 0.492. The molecular weight excluding hydrogens is 1120 g/mol. The van der Waals surface area contributed by atoms with Crippen LogP contribution >= 0.6 is 11.3 Å². The van der Waals surface area contributed by atoms with Gasteiger partial charge in [-0.2, -0.15) is 5.10 Å². The number of Topliss-reactive ketones (excluding diaryl/α,β-unsaturated/α-hetero) is 3. The predicted octanol–water partition coefficient (Wildman–Crippen LogP) is 9.01. The van der Waals surface area contributed by atoms with E-state index >= 15 is 0 Å². The number of aromatic nitrogens is 3. The number of hydrogen-bond acceptors (Lipinski definition) is 16. The first kappa shape index (κ1) is 63.6. The molecule has 21 heteroatoms. The smallest absolute Gasteiger partial charge is 0.258 e. The highest BCUT2D eigenvalue weighted by atomic mass is 32.1. The number of carbonyl (C=O) groups is 5. The summed E-state index contributed by atoms with van der Waals surface area (Å²) in [4.78, 5) is 79.3. The average molecular weight is 1200 g/mol. The van der Waals surface area contributed by atoms with E-state index in [-0.39, 0.29) is 80.8 Å². The SMILES string of the molecule is Cc1ncsc1-c1ccc(CCC(=O)[C@@H]2C[C@@H](O)CN2C(=O)[C@@H](CC(=O)COCCOCCOCCCC(=O)CN2CCN(c3ccc(C(=O)Nc4n[nH]c5ccc(Cc6cc(F)cc(F)c6)cc45)c(NC4CCOCC4)c3)CC2)C(C)(C)C)cc1. The van der Waals surface area contributed by atoms with Crippen LogP contribution in [0.5, 0.6) is 0 Å². The average Bonchev–Trinajstić information content (AvgIpc) is 2.81. The number of amides is 2. The molecule has 4 aromatic carbocycles. The number of H-pyrrole nitrogens is 1. The molecule has 9 rings (SSSR count). The number of hydrogen-bond donors (Lipinski definition) is 4. The summed E-state index contributed by atoms with van der Waals surface area (Å²) in [6, 6.07) is 22.2. The second-order valence-electron chi connectivity index (χ2n) is 23.8. The number of ether oxygens (including phenoxy) is 4. The number of halogens is 2. The van der Waals surface area contributed by atoms with Crippen LogP contribution in [0.2, 0.25) is 0 Å². The summed E-state index contributed by atoms with van der Waals surface area (Å²) in [6.07, 6.45) is 2.89. The molecule has 0 spiro atoms. The molecule has 0 bridgehead atoms. The molecule has 460 valence electrons. The van der Waals surface area contributed by atoms with Crippen LogP contribution in [0.3, 0.4) is 0 Å². The standard InChI is InChI=1S/C65H80F2N8O10S/c1-42-61(86-41-68-42)46-11-7-43(8-12-46)10-16-60(79)59-37-52(77)39-75(59)64(81)56(65(2,3)4)36-53(78)40-85-29-28-84-27-26-82-23-5-6-51(76)38-73-19-21-74(22-20-73)50-13-14-54(58(35-50)69-49-17-24-83-25-18-49)63(80)70-62-55-33-44(9-15-57(55)71-72-62)30-45-31-47(66)34-48(67)32-45/h7-9,11-15,31-35,41,49,52,56,59,69,77H,5-6,10,16-30,36-40H2,1-4H3,(H2,70,71,72,80)/t52-,56-,59+/m1/s1. The zero-order valence-corrected chi connectivity index (χ0v) is 50.5. The van der Waals surface area contributed by atoms with E-state index in [1.54, 1.807) is 11.3 Å². The first-order valence-electron chi connectivity index (χ1n) is 29.9. The molecule has 3 aliphatic heterocycles. The van der Waals surface area contributed by atoms with Crippen LogP contribution in [0.4, 0.5) is 26.0 Å². The highest BCUT2D eigenvalue weighted by Gasteiger charge is 2.44. The third-order valence-electron chi connectivity index (χ3n) is 16.2. The highest BCUT2D eigenvalue weighted by Crippen LogP contribution is 2.35. The third-order valence-corrected chi connectivity index (χ3v) is 17.2. The van der Waals surface area contributed by atoms with Crippen LogP contribution in [0, 0.1) is 29.9 Å². The minimum atomic E-state index is -0.823. The predicted molar refractivity (Wildman–Crippen MR) is 327 cm³/mol. The fourth-order valence-corrected chi connectivity index (χ4v) is 12.2. The van der Waals surface area contributed by atoms with Crippen LogP contribution in [0.15, 0.2) is 84.4 Å². The van der Waals surface area contributed by atoms with Crippen molar-refractivity contribution in [2.24, 2.45) is 11.3 Å². The Hall–Kier alpha value is -6.85. The molecule has 6 aromatic rings. The summed E-state index contributed by atoms with van der Waals surface area (Å²) in [5, 5.41) is 25.3. The minimum absolute atomic E-state index is 0.0464. The molecule has 18 nitrogen and oxygen atoms in total. The molecule has 2 aromatic heterocycles. The Labute approximate surface area is 505 Å². The zero-order valence-electron chi connectivity index (χ0n) is 49.7. The summed E-state index contributed by atoms with van der Waals surface area (Å²) in [6.45, 7) is 13.4. The zero-order chi connectivity index (χ0) is 60.7. The Bertz CT molecular complexity index is 3260. The molecule has 3 saturated heterocycles. The molecule has 86 heavy (non-hydrogen) atoms. The quantitative estimate of drug-likeness (QED) is 0.0322. The Balaban J connectivity index is 0.644. The fourth-order valence-electron chi connectivity index (χ4n) is 11.4. The summed E-state index contributed by atoms with van der Waals surface area (Å²) < 4.78 is 50.5. The highest BCUT2D eigenvalue weighted by molar-refractivity contribution is 7.13. The molecular formula is C65H80F2N8O10S. The van der Waals surface area contributed by atoms with Crippen molar-refractivity contribution in [1.82, 2.24) is 25.0 Å². The van der Waals surface area contributed by atoms with Crippen molar-refractivity contribution in [3.8, 4) is 10.4 Å². The molecule has 0 saturated carbocycles. The summed E-state index contributed by atoms with van der Waals surface area (Å²) in [7, 11) is 0. The molecule has 2 amide bonds. The molecule has 3 fully saturated rings. The Kier molecular flexibility index (Phi) is 22.3. The van der Waals surface area contributed by atoms with Gasteiger partial charge in [0.2, 0.25) is 5.91 Å². The van der Waals surface area contributed by atoms with Crippen molar-refractivity contribution in [2.45, 2.75) is 104 Å². The van der Waals surface area contributed by atoms with Crippen LogP contribution in [0.25, 0.3) is 21.3 Å². The Morgan fingerprint density at radius 2 is 1.53 bits per heavy atom. The normalized spacial score (nSPS) is 17.3. The largest absolute Gasteiger partial charge is 0.391 e. The number of benzene rings is 4. The van der Waals surface area contributed by atoms with Gasteiger partial charge in [-0.1, -0.05) is 51.1 Å². The second-order valence-corrected chi connectivity index (χ2v) is 24.6. The van der Waals surface area contributed by atoms with Crippen molar-refractivity contribution >= 4 is 68.6 Å². The van der Waals surface area contributed by atoms with Crippen molar-refractivity contribution in [3.05, 3.63) is 124 Å². The lowest BCUT2D eigenvalue weighted by atomic mass is 9.76. The maximum Gasteiger partial charge on any atom is 0.258 e. The Morgan fingerprint density at radius 3 is 2.24 bits per heavy atom. The van der Waals surface area contributed by atoms with E-state index in [1.165, 1.54) is 17.0 Å². The van der Waals surface area contributed by atoms with Gasteiger partial charge in [0.1, 0.15) is 24.0 Å². The summed E-state index contributed by atoms with van der Waals surface area (Å²) in [5.41, 5.74) is 8.39. The van der Waals surface area contributed by atoms with Crippen molar-refractivity contribution in [1.29, 1.82) is 0 Å². The lowest BCUT2D eigenvalue weighted by Gasteiger charge is -2.36. The van der Waals surface area contributed by atoms with Gasteiger partial charge >= 0.3 is 0 Å². The number of anilines is 3. The molecule has 4 N–H and O–H groups in total. The molecule has 5 heterocycles. The van der Waals surface area contributed by atoms with Gasteiger partial charge in [0.15, 0.2) is 17.4 Å². The molecule has 0 unspecified atom stereocenters. The van der Waals surface area contributed by atoms with Crippen molar-refractivity contribution < 1.29 is 56.8 Å². The Morgan fingerprint density at radius 1 is 0.826 bits per heavy atom. The number of aliphatic hydroxyl groups excluding tert-OH is 1. The number of aryl methyl sites for hydroxylation is 2. The lowest BCUT2D eigenvalue weighted by molar-refractivity contribution is -0.146. The van der Waals surface area contributed by atoms with Gasteiger partial charge < -0.3 is 44.5 Å². The second kappa shape index (κ2) is 30.2. The number of aromatic amines is 1. The number of rotatable bonds is 29. The van der Waals surface area contributed by atoms with Crippen molar-refractivity contribution in [2.75, 3.05) is 108 Å². The van der Waals surface area contributed by atoms with Crippen LogP contribution in [0.1, 0.15) is 98.5 Å². The van der Waals surface area contributed by atoms with E-state index in [9.17, 15) is 37.9 Å². The van der Waals surface area contributed by atoms with E-state index in [0.29, 0.717) is 125 Å². The van der Waals surface area contributed by atoms with Crippen LogP contribution in [-0.4, -0.2) is 170 Å². The molecule has 0 aliphatic carbocycles. The van der Waals surface area contributed by atoms with Gasteiger partial charge in [-0.3, -0.25) is 34.0 Å². The van der Waals surface area contributed by atoms with Gasteiger partial charge in [-0.15, -0.1) is 11.3 Å². The van der Waals surface area contributed by atoms with E-state index < -0.39 is 35.1 Å². The monoisotopic (exact) mass is 1200 g/mol. The van der Waals surface area contributed by atoms with E-state index in [2.05, 4.69) is 35.6 Å². The molecule has 3 aliphatic rings. The molecule has 0 radical (unpaired) electrons. The van der Waals surface area contributed by atoms with Crippen LogP contribution < -0.4 is 15.5 Å². The van der Waals surface area contributed by atoms with Gasteiger partial charge in [0, 0.05) is 113 Å². The van der Waals surface area contributed by atoms with Crippen molar-refractivity contribution in [3.63, 3.8) is 0 Å². The summed E-state index contributed by atoms with van der Waals surface area (Å²) >= 11 is 1.58. The van der Waals surface area contributed by atoms with E-state index in [1.807, 2.05) is 93.9 Å². The van der Waals surface area contributed by atoms with Gasteiger partial charge in [-0.25, -0.2) is 13.8 Å². The molecule has 3 atom stereocenters. The number of nitrogens with zero attached hydrogens (tertiary/aromatic N) is 5. The number of fused-ring (bicyclic) bond motifs is 1. The van der Waals surface area contributed by atoms with Gasteiger partial charge in [0.25, 0.3) is 5.91 Å². The lowest BCUT2D eigenvalue weighted by Crippen LogP contribution is -2.48. The number of likely N-dealkylation sites (tertiary alicyclic amines) is 1. The van der Waals surface area contributed by atoms with E-state index in [4.69, 9.17) is 18.9 Å². The number of ketones is 3. The number of carbonyl (C=O) groups excluding carboxylic acids is 5. The third kappa shape index (κ3) is 17.7. The van der Waals surface area contributed by atoms with Gasteiger partial charge in [-0.05, 0) is 109 Å². The maximum atomic E-state index is 14.1. The number of piperazine rings is 1. The number of aliphatic hydroxyl groups is 1. The topological polar surface area (TPSA) is 218 Å². The van der Waals surface area contributed by atoms with Crippen LogP contribution in [-0.2, 0) is 51.0 Å². The summed E-state index contributed by atoms with van der Waals surface area (Å²) in [5.74, 6) is -2.51. The number of nitrogens with one attached hydrogen (secondary N) is 3. The van der Waals surface area contributed by atoms with Gasteiger partial charge in [0.05, 0.1) is 72.3 Å². The van der Waals surface area contributed by atoms with E-state index in [0.717, 1.165) is 51.9 Å². The minimum Gasteiger partial charge on any atom is -0.391 e. The first-order chi connectivity index (χ1) is 41.4. The maximum absolute atomic E-state index is 14.1. The first-order valence-corrected chi connectivity index (χ1v) is 30.8. The number of thiazole rings is 1.